The molecule has 1 aliphatic rings. The summed E-state index contributed by atoms with van der Waals surface area (Å²) in [6.45, 7) is 3.12. The molecule has 3 rings (SSSR count). The third kappa shape index (κ3) is 4.64. The van der Waals surface area contributed by atoms with E-state index in [1.807, 2.05) is 0 Å². The van der Waals surface area contributed by atoms with Gasteiger partial charge in [-0.15, -0.1) is 4.40 Å². The van der Waals surface area contributed by atoms with Crippen molar-refractivity contribution in [2.24, 2.45) is 9.39 Å². The molecule has 154 valence electrons. The molecule has 1 aliphatic carbocycles. The van der Waals surface area contributed by atoms with E-state index in [9.17, 15) is 13.2 Å². The molecule has 2 aromatic rings. The Kier molecular flexibility index (Phi) is 6.77. The van der Waals surface area contributed by atoms with Gasteiger partial charge in [0.25, 0.3) is 10.0 Å². The Hall–Kier alpha value is -2.06. The number of allylic oxidation sites excluding steroid dienone is 4. The molecule has 0 heterocycles. The predicted octanol–water partition coefficient (Wildman–Crippen LogP) is 5.63. The topological polar surface area (TPSA) is 75.9 Å². The minimum atomic E-state index is -4.07. The summed E-state index contributed by atoms with van der Waals surface area (Å²) in [4.78, 5) is 16.6. The molecular weight excluding hydrogens is 511 g/mol. The van der Waals surface area contributed by atoms with Crippen LogP contribution in [-0.4, -0.2) is 25.7 Å². The Balaban J connectivity index is 2.23. The second kappa shape index (κ2) is 8.98. The van der Waals surface area contributed by atoms with Gasteiger partial charge in [-0.2, -0.15) is 8.42 Å². The molecule has 0 spiro atoms. The quantitative estimate of drug-likeness (QED) is 0.296. The molecule has 5 nitrogen and oxygen atoms in total. The van der Waals surface area contributed by atoms with Crippen LogP contribution in [0.25, 0.3) is 0 Å². The van der Waals surface area contributed by atoms with Crippen LogP contribution < -0.4 is 0 Å². The van der Waals surface area contributed by atoms with Gasteiger partial charge >= 0.3 is 0 Å². The van der Waals surface area contributed by atoms with Gasteiger partial charge < -0.3 is 0 Å². The highest BCUT2D eigenvalue weighted by molar-refractivity contribution is 9.10. The van der Waals surface area contributed by atoms with E-state index in [2.05, 4.69) is 25.3 Å². The Morgan fingerprint density at radius 1 is 0.900 bits per heavy atom. The number of nitrogens with zero attached hydrogens (tertiary/aromatic N) is 2. The lowest BCUT2D eigenvalue weighted by Crippen LogP contribution is -2.19. The van der Waals surface area contributed by atoms with Gasteiger partial charge in [0.05, 0.1) is 15.0 Å². The normalized spacial score (nSPS) is 15.7. The van der Waals surface area contributed by atoms with Crippen molar-refractivity contribution in [2.75, 3.05) is 0 Å². The van der Waals surface area contributed by atoms with Crippen molar-refractivity contribution >= 4 is 66.5 Å². The summed E-state index contributed by atoms with van der Waals surface area (Å²) in [5.41, 5.74) is 1.11. The van der Waals surface area contributed by atoms with E-state index in [0.717, 1.165) is 4.47 Å². The number of Topliss-reactive ketones (excluding diaryl/α,β-unsaturated/α-hetero) is 1. The summed E-state index contributed by atoms with van der Waals surface area (Å²) in [6, 6.07) is 14.7. The Labute approximate surface area is 193 Å². The van der Waals surface area contributed by atoms with Gasteiger partial charge in [-0.3, -0.25) is 4.79 Å². The molecule has 2 aromatic carbocycles. The number of hydrogen-bond donors (Lipinski definition) is 0. The number of hydrogen-bond acceptors (Lipinski definition) is 3. The van der Waals surface area contributed by atoms with E-state index in [4.69, 9.17) is 23.2 Å². The average molecular weight is 526 g/mol. The zero-order valence-electron chi connectivity index (χ0n) is 15.9. The lowest BCUT2D eigenvalue weighted by atomic mass is 9.97. The van der Waals surface area contributed by atoms with Crippen LogP contribution >= 0.6 is 39.1 Å². The van der Waals surface area contributed by atoms with Crippen LogP contribution in [0, 0.1) is 0 Å². The minimum absolute atomic E-state index is 0.00814. The molecule has 0 radical (unpaired) electrons. The van der Waals surface area contributed by atoms with Crippen LogP contribution in [0.5, 0.6) is 0 Å². The average Bonchev–Trinajstić information content (AvgIpc) is 2.74. The highest BCUT2D eigenvalue weighted by Gasteiger charge is 2.28. The zero-order chi connectivity index (χ0) is 22.1. The van der Waals surface area contributed by atoms with Crippen LogP contribution in [0.15, 0.2) is 94.6 Å². The number of sulfonamides is 1. The maximum absolute atomic E-state index is 12.9. The largest absolute Gasteiger partial charge is 0.289 e. The highest BCUT2D eigenvalue weighted by Crippen LogP contribution is 2.30. The molecule has 0 bridgehead atoms. The molecule has 9 heteroatoms. The highest BCUT2D eigenvalue weighted by atomic mass is 79.9. The second-order valence-corrected chi connectivity index (χ2v) is 9.65. The summed E-state index contributed by atoms with van der Waals surface area (Å²) in [7, 11) is -4.07. The van der Waals surface area contributed by atoms with E-state index in [1.54, 1.807) is 56.3 Å². The van der Waals surface area contributed by atoms with Gasteiger partial charge in [0.1, 0.15) is 5.71 Å². The summed E-state index contributed by atoms with van der Waals surface area (Å²) in [5.74, 6) is -0.385. The van der Waals surface area contributed by atoms with Crippen LogP contribution in [0.3, 0.4) is 0 Å². The van der Waals surface area contributed by atoms with E-state index >= 15 is 0 Å². The summed E-state index contributed by atoms with van der Waals surface area (Å²) >= 11 is 15.9. The standard InChI is InChI=1S/C21H15BrCl2N2O3S/c1-12-17(23)19(18(24)13(2)20(12)27)25-21(14-6-4-3-5-7-14)26-30(28,29)16-10-8-15(22)9-11-16/h3-11H,1-2H3/b26-21-. The van der Waals surface area contributed by atoms with Gasteiger partial charge in [0.15, 0.2) is 11.6 Å². The maximum atomic E-state index is 12.9. The first-order chi connectivity index (χ1) is 14.1. The fraction of sp³-hybridized carbons (Fsp3) is 0.0952. The lowest BCUT2D eigenvalue weighted by molar-refractivity contribution is -0.112. The van der Waals surface area contributed by atoms with Crippen molar-refractivity contribution in [1.82, 2.24) is 0 Å². The summed E-state index contributed by atoms with van der Waals surface area (Å²) in [6.07, 6.45) is 0. The number of rotatable bonds is 3. The monoisotopic (exact) mass is 524 g/mol. The molecular formula is C21H15BrCl2N2O3S. The van der Waals surface area contributed by atoms with Crippen molar-refractivity contribution in [3.05, 3.63) is 85.8 Å². The van der Waals surface area contributed by atoms with E-state index < -0.39 is 10.0 Å². The minimum Gasteiger partial charge on any atom is -0.289 e. The number of amidine groups is 1. The molecule has 0 atom stereocenters. The molecule has 0 amide bonds. The number of ketones is 1. The van der Waals surface area contributed by atoms with Gasteiger partial charge in [-0.25, -0.2) is 4.99 Å². The van der Waals surface area contributed by atoms with Crippen molar-refractivity contribution in [1.29, 1.82) is 0 Å². The number of halogens is 3. The van der Waals surface area contributed by atoms with Gasteiger partial charge in [0, 0.05) is 21.2 Å². The third-order valence-electron chi connectivity index (χ3n) is 4.32. The molecule has 0 aromatic heterocycles. The number of aliphatic imine (C=N–C) groups is 1. The summed E-state index contributed by atoms with van der Waals surface area (Å²) in [5, 5.41) is 0.112. The van der Waals surface area contributed by atoms with Gasteiger partial charge in [-0.1, -0.05) is 69.5 Å². The molecule has 0 aliphatic heterocycles. The first-order valence-corrected chi connectivity index (χ1v) is 11.6. The van der Waals surface area contributed by atoms with Gasteiger partial charge in [0.2, 0.25) is 0 Å². The molecule has 0 N–H and O–H groups in total. The first kappa shape index (κ1) is 22.6. The molecule has 30 heavy (non-hydrogen) atoms. The fourth-order valence-corrected chi connectivity index (χ4v) is 4.35. The number of benzene rings is 2. The van der Waals surface area contributed by atoms with Crippen LogP contribution in [-0.2, 0) is 14.8 Å². The fourth-order valence-electron chi connectivity index (χ4n) is 2.63. The van der Waals surface area contributed by atoms with Crippen LogP contribution in [0.4, 0.5) is 0 Å². The molecule has 0 fully saturated rings. The van der Waals surface area contributed by atoms with Crippen molar-refractivity contribution in [3.63, 3.8) is 0 Å². The van der Waals surface area contributed by atoms with E-state index in [1.165, 1.54) is 12.1 Å². The molecule has 0 saturated carbocycles. The number of carbonyl (C=O) groups is 1. The lowest BCUT2D eigenvalue weighted by Gasteiger charge is -2.16. The SMILES string of the molecule is CC1=C(Cl)C(=N/C(=N\S(=O)(=O)c2ccc(Br)cc2)c2ccccc2)C(Cl)=C(C)C1=O. The third-order valence-corrected chi connectivity index (χ3v) is 7.06. The first-order valence-electron chi connectivity index (χ1n) is 8.64. The molecule has 0 saturated heterocycles. The Morgan fingerprint density at radius 3 is 1.97 bits per heavy atom. The predicted molar refractivity (Wildman–Crippen MR) is 124 cm³/mol. The smallest absolute Gasteiger partial charge is 0.284 e. The summed E-state index contributed by atoms with van der Waals surface area (Å²) < 4.78 is 30.5. The van der Waals surface area contributed by atoms with Crippen LogP contribution in [0.1, 0.15) is 19.4 Å². The second-order valence-electron chi connectivity index (χ2n) is 6.38. The van der Waals surface area contributed by atoms with Gasteiger partial charge in [-0.05, 0) is 38.1 Å². The Bertz CT molecular complexity index is 1220. The van der Waals surface area contributed by atoms with E-state index in [-0.39, 0.29) is 43.4 Å². The van der Waals surface area contributed by atoms with Crippen LogP contribution in [0.2, 0.25) is 0 Å². The maximum Gasteiger partial charge on any atom is 0.284 e. The zero-order valence-corrected chi connectivity index (χ0v) is 19.8. The van der Waals surface area contributed by atoms with Crippen molar-refractivity contribution in [2.45, 2.75) is 18.7 Å². The molecule has 0 unspecified atom stereocenters. The van der Waals surface area contributed by atoms with E-state index in [0.29, 0.717) is 5.56 Å². The number of carbonyl (C=O) groups excluding carboxylic acids is 1. The van der Waals surface area contributed by atoms with Crippen molar-refractivity contribution < 1.29 is 13.2 Å². The Morgan fingerprint density at radius 2 is 1.43 bits per heavy atom. The van der Waals surface area contributed by atoms with Crippen molar-refractivity contribution in [3.8, 4) is 0 Å².